The molecule has 1 N–H and O–H groups in total. The Labute approximate surface area is 90.2 Å². The number of amides is 1. The van der Waals surface area contributed by atoms with E-state index in [4.69, 9.17) is 0 Å². The van der Waals surface area contributed by atoms with Crippen molar-refractivity contribution in [1.82, 2.24) is 0 Å². The molecule has 0 spiro atoms. The maximum atomic E-state index is 12.7. The standard InChI is InChI=1S/C10H9F2NO3/c1-2-9(14)13-6-3-4-7-8(5-6)16-10(11,12)15-7/h3-5H,2H2,1H3,(H,13,14). The molecule has 0 radical (unpaired) electrons. The monoisotopic (exact) mass is 229 g/mol. The summed E-state index contributed by atoms with van der Waals surface area (Å²) in [5.41, 5.74) is 0.395. The maximum absolute atomic E-state index is 12.7. The molecule has 0 saturated heterocycles. The molecule has 16 heavy (non-hydrogen) atoms. The van der Waals surface area contributed by atoms with E-state index in [0.29, 0.717) is 12.1 Å². The fraction of sp³-hybridized carbons (Fsp3) is 0.300. The van der Waals surface area contributed by atoms with Crippen molar-refractivity contribution in [3.63, 3.8) is 0 Å². The number of carbonyl (C=O) groups is 1. The number of anilines is 1. The molecule has 1 amide bonds. The highest BCUT2D eigenvalue weighted by Crippen LogP contribution is 2.42. The number of hydrogen-bond donors (Lipinski definition) is 1. The van der Waals surface area contributed by atoms with Gasteiger partial charge < -0.3 is 14.8 Å². The van der Waals surface area contributed by atoms with Gasteiger partial charge in [-0.25, -0.2) is 0 Å². The van der Waals surface area contributed by atoms with Crippen LogP contribution >= 0.6 is 0 Å². The van der Waals surface area contributed by atoms with Crippen molar-refractivity contribution >= 4 is 11.6 Å². The first kappa shape index (κ1) is 10.7. The van der Waals surface area contributed by atoms with E-state index in [1.807, 2.05) is 0 Å². The van der Waals surface area contributed by atoms with E-state index in [1.54, 1.807) is 6.92 Å². The third-order valence-electron chi connectivity index (χ3n) is 2.01. The summed E-state index contributed by atoms with van der Waals surface area (Å²) < 4.78 is 33.8. The third kappa shape index (κ3) is 2.05. The minimum absolute atomic E-state index is 0.0421. The van der Waals surface area contributed by atoms with Crippen LogP contribution in [-0.2, 0) is 4.79 Å². The quantitative estimate of drug-likeness (QED) is 0.846. The van der Waals surface area contributed by atoms with Gasteiger partial charge in [0.05, 0.1) is 0 Å². The van der Waals surface area contributed by atoms with Crippen LogP contribution in [0.4, 0.5) is 14.5 Å². The van der Waals surface area contributed by atoms with Crippen LogP contribution in [0.15, 0.2) is 18.2 Å². The number of hydrogen-bond acceptors (Lipinski definition) is 3. The molecule has 1 aliphatic rings. The Morgan fingerprint density at radius 1 is 1.38 bits per heavy atom. The van der Waals surface area contributed by atoms with Crippen molar-refractivity contribution in [3.05, 3.63) is 18.2 Å². The van der Waals surface area contributed by atoms with Gasteiger partial charge in [0.1, 0.15) is 0 Å². The van der Waals surface area contributed by atoms with E-state index >= 15 is 0 Å². The normalized spacial score (nSPS) is 15.9. The molecule has 0 saturated carbocycles. The molecule has 0 aromatic heterocycles. The van der Waals surface area contributed by atoms with Crippen LogP contribution < -0.4 is 14.8 Å². The summed E-state index contributed by atoms with van der Waals surface area (Å²) in [7, 11) is 0. The zero-order chi connectivity index (χ0) is 11.8. The Morgan fingerprint density at radius 3 is 2.75 bits per heavy atom. The first-order valence-electron chi connectivity index (χ1n) is 4.70. The van der Waals surface area contributed by atoms with E-state index in [1.165, 1.54) is 18.2 Å². The van der Waals surface area contributed by atoms with Gasteiger partial charge >= 0.3 is 6.29 Å². The minimum atomic E-state index is -3.63. The van der Waals surface area contributed by atoms with Crippen LogP contribution in [0.1, 0.15) is 13.3 Å². The molecule has 0 unspecified atom stereocenters. The average Bonchev–Trinajstić information content (AvgIpc) is 2.51. The summed E-state index contributed by atoms with van der Waals surface area (Å²) in [4.78, 5) is 11.1. The number of benzene rings is 1. The van der Waals surface area contributed by atoms with Crippen molar-refractivity contribution < 1.29 is 23.0 Å². The van der Waals surface area contributed by atoms with Gasteiger partial charge in [-0.3, -0.25) is 4.79 Å². The smallest absolute Gasteiger partial charge is 0.395 e. The van der Waals surface area contributed by atoms with Gasteiger partial charge in [-0.1, -0.05) is 6.92 Å². The molecule has 2 rings (SSSR count). The Balaban J connectivity index is 2.19. The van der Waals surface area contributed by atoms with Crippen LogP contribution in [0.25, 0.3) is 0 Å². The fourth-order valence-corrected chi connectivity index (χ4v) is 1.28. The van der Waals surface area contributed by atoms with Gasteiger partial charge in [0.2, 0.25) is 5.91 Å². The Hall–Kier alpha value is -1.85. The van der Waals surface area contributed by atoms with Gasteiger partial charge in [0, 0.05) is 18.2 Å². The molecule has 0 aliphatic carbocycles. The second-order valence-corrected chi connectivity index (χ2v) is 3.23. The molecule has 1 aliphatic heterocycles. The number of rotatable bonds is 2. The summed E-state index contributed by atoms with van der Waals surface area (Å²) in [6.07, 6.45) is -3.32. The highest BCUT2D eigenvalue weighted by Gasteiger charge is 2.43. The van der Waals surface area contributed by atoms with Crippen molar-refractivity contribution in [2.75, 3.05) is 5.32 Å². The van der Waals surface area contributed by atoms with Gasteiger partial charge in [0.15, 0.2) is 11.5 Å². The van der Waals surface area contributed by atoms with E-state index in [-0.39, 0.29) is 17.4 Å². The lowest BCUT2D eigenvalue weighted by Gasteiger charge is -2.04. The van der Waals surface area contributed by atoms with E-state index in [9.17, 15) is 13.6 Å². The van der Waals surface area contributed by atoms with Crippen molar-refractivity contribution in [3.8, 4) is 11.5 Å². The SMILES string of the molecule is CCC(=O)Nc1ccc2c(c1)OC(F)(F)O2. The first-order valence-corrected chi connectivity index (χ1v) is 4.70. The predicted octanol–water partition coefficient (Wildman–Crippen LogP) is 2.36. The zero-order valence-corrected chi connectivity index (χ0v) is 8.42. The summed E-state index contributed by atoms with van der Waals surface area (Å²) in [6, 6.07) is 4.09. The average molecular weight is 229 g/mol. The molecule has 1 aromatic carbocycles. The predicted molar refractivity (Wildman–Crippen MR) is 51.6 cm³/mol. The molecule has 4 nitrogen and oxygen atoms in total. The summed E-state index contributed by atoms with van der Waals surface area (Å²) >= 11 is 0. The zero-order valence-electron chi connectivity index (χ0n) is 8.42. The minimum Gasteiger partial charge on any atom is -0.395 e. The molecule has 6 heteroatoms. The third-order valence-corrected chi connectivity index (χ3v) is 2.01. The maximum Gasteiger partial charge on any atom is 0.586 e. The number of ether oxygens (including phenoxy) is 2. The summed E-state index contributed by atoms with van der Waals surface area (Å²) in [5.74, 6) is -0.330. The topological polar surface area (TPSA) is 47.6 Å². The molecule has 0 bridgehead atoms. The lowest BCUT2D eigenvalue weighted by Crippen LogP contribution is -2.25. The van der Waals surface area contributed by atoms with E-state index in [0.717, 1.165) is 0 Å². The molecular formula is C10H9F2NO3. The van der Waals surface area contributed by atoms with Crippen molar-refractivity contribution in [2.45, 2.75) is 19.6 Å². The summed E-state index contributed by atoms with van der Waals surface area (Å²) in [5, 5.41) is 2.53. The molecule has 86 valence electrons. The first-order chi connectivity index (χ1) is 7.50. The molecular weight excluding hydrogens is 220 g/mol. The van der Waals surface area contributed by atoms with Crippen LogP contribution in [0.5, 0.6) is 11.5 Å². The van der Waals surface area contributed by atoms with Crippen LogP contribution in [0.3, 0.4) is 0 Å². The number of alkyl halides is 2. The number of halogens is 2. The highest BCUT2D eigenvalue weighted by molar-refractivity contribution is 5.90. The molecule has 1 aromatic rings. The van der Waals surface area contributed by atoms with Crippen LogP contribution in [0.2, 0.25) is 0 Å². The Morgan fingerprint density at radius 2 is 2.06 bits per heavy atom. The number of nitrogens with one attached hydrogen (secondary N) is 1. The second kappa shape index (κ2) is 3.62. The van der Waals surface area contributed by atoms with Gasteiger partial charge in [-0.2, -0.15) is 0 Å². The lowest BCUT2D eigenvalue weighted by atomic mass is 10.2. The largest absolute Gasteiger partial charge is 0.586 e. The molecule has 1 heterocycles. The highest BCUT2D eigenvalue weighted by atomic mass is 19.3. The number of fused-ring (bicyclic) bond motifs is 1. The van der Waals surface area contributed by atoms with Crippen LogP contribution in [0, 0.1) is 0 Å². The Kier molecular flexibility index (Phi) is 2.41. The van der Waals surface area contributed by atoms with E-state index < -0.39 is 6.29 Å². The number of carbonyl (C=O) groups excluding carboxylic acids is 1. The molecule has 0 atom stereocenters. The van der Waals surface area contributed by atoms with Gasteiger partial charge in [-0.15, -0.1) is 8.78 Å². The molecule has 0 fully saturated rings. The second-order valence-electron chi connectivity index (χ2n) is 3.23. The van der Waals surface area contributed by atoms with Crippen molar-refractivity contribution in [2.24, 2.45) is 0 Å². The van der Waals surface area contributed by atoms with E-state index in [2.05, 4.69) is 14.8 Å². The Bertz CT molecular complexity index is 434. The fourth-order valence-electron chi connectivity index (χ4n) is 1.28. The van der Waals surface area contributed by atoms with Crippen molar-refractivity contribution in [1.29, 1.82) is 0 Å². The lowest BCUT2D eigenvalue weighted by molar-refractivity contribution is -0.286. The van der Waals surface area contributed by atoms with Gasteiger partial charge in [-0.05, 0) is 12.1 Å². The van der Waals surface area contributed by atoms with Gasteiger partial charge in [0.25, 0.3) is 0 Å². The van der Waals surface area contributed by atoms with Crippen LogP contribution in [-0.4, -0.2) is 12.2 Å². The summed E-state index contributed by atoms with van der Waals surface area (Å²) in [6.45, 7) is 1.69.